The van der Waals surface area contributed by atoms with Crippen molar-refractivity contribution in [2.75, 3.05) is 0 Å². The fourth-order valence-corrected chi connectivity index (χ4v) is 10.1. The van der Waals surface area contributed by atoms with E-state index in [0.717, 1.165) is 55.6 Å². The van der Waals surface area contributed by atoms with Gasteiger partial charge in [-0.1, -0.05) is 144 Å². The van der Waals surface area contributed by atoms with E-state index in [-0.39, 0.29) is 13.4 Å². The van der Waals surface area contributed by atoms with Gasteiger partial charge in [0, 0.05) is 43.7 Å². The second-order valence-corrected chi connectivity index (χ2v) is 15.5. The molecule has 12 aromatic rings. The zero-order chi connectivity index (χ0) is 37.9. The van der Waals surface area contributed by atoms with Crippen molar-refractivity contribution < 1.29 is 8.83 Å². The van der Waals surface area contributed by atoms with Crippen LogP contribution >= 0.6 is 0 Å². The molecule has 0 spiro atoms. The first-order chi connectivity index (χ1) is 28.8. The first kappa shape index (κ1) is 31.7. The summed E-state index contributed by atoms with van der Waals surface area (Å²) in [7, 11) is 0. The second kappa shape index (κ2) is 12.0. The van der Waals surface area contributed by atoms with Gasteiger partial charge in [0.05, 0.1) is 33.4 Å². The summed E-state index contributed by atoms with van der Waals surface area (Å²) >= 11 is 0. The fraction of sp³-hybridized carbons (Fsp3) is 0. The van der Waals surface area contributed by atoms with Gasteiger partial charge in [-0.3, -0.25) is 0 Å². The summed E-state index contributed by atoms with van der Waals surface area (Å²) in [6.45, 7) is -0.331. The number of nitrogens with zero attached hydrogens (tertiary/aromatic N) is 2. The zero-order valence-electron chi connectivity index (χ0n) is 31.3. The van der Waals surface area contributed by atoms with Gasteiger partial charge in [0.15, 0.2) is 0 Å². The molecule has 8 aromatic carbocycles. The lowest BCUT2D eigenvalue weighted by Gasteiger charge is -2.25. The van der Waals surface area contributed by atoms with Crippen LogP contribution in [0.5, 0.6) is 0 Å². The predicted molar refractivity (Wildman–Crippen MR) is 243 cm³/mol. The number of hydrogen-bond acceptors (Lipinski definition) is 2. The molecule has 6 heteroatoms. The van der Waals surface area contributed by atoms with E-state index in [1.807, 2.05) is 0 Å². The van der Waals surface area contributed by atoms with E-state index in [1.54, 1.807) is 0 Å². The van der Waals surface area contributed by atoms with Gasteiger partial charge in [0.2, 0.25) is 0 Å². The third kappa shape index (κ3) is 4.37. The van der Waals surface area contributed by atoms with Crippen molar-refractivity contribution in [2.24, 2.45) is 0 Å². The Balaban J connectivity index is 1.00. The average molecular weight is 738 g/mol. The van der Waals surface area contributed by atoms with Crippen molar-refractivity contribution in [3.8, 4) is 11.4 Å². The monoisotopic (exact) mass is 738 g/mol. The van der Waals surface area contributed by atoms with E-state index in [0.29, 0.717) is 0 Å². The zero-order valence-corrected chi connectivity index (χ0v) is 31.3. The lowest BCUT2D eigenvalue weighted by molar-refractivity contribution is 0.647. The first-order valence-corrected chi connectivity index (χ1v) is 20.0. The molecule has 1 aliphatic rings. The number of fused-ring (bicyclic) bond motifs is 12. The molecule has 4 nitrogen and oxygen atoms in total. The van der Waals surface area contributed by atoms with Crippen molar-refractivity contribution in [3.63, 3.8) is 0 Å². The van der Waals surface area contributed by atoms with Crippen LogP contribution in [0.3, 0.4) is 0 Å². The molecular formula is C52H32B2N2O2. The van der Waals surface area contributed by atoms with Crippen molar-refractivity contribution in [3.05, 3.63) is 194 Å². The minimum Gasteiger partial charge on any atom is -0.471 e. The SMILES string of the molecule is c1ccc2c3c(oc2c1)B(c1ccc(-n2c4ccccc4c4ccccc42)cc1)c1c(oc2ccccc12)B3c1ccc(-n2c3ccccc3c3ccccc32)cc1. The molecule has 0 atom stereocenters. The summed E-state index contributed by atoms with van der Waals surface area (Å²) in [6, 6.07) is 69.8. The van der Waals surface area contributed by atoms with E-state index >= 15 is 0 Å². The maximum Gasteiger partial charge on any atom is 0.290 e. The maximum atomic E-state index is 7.03. The third-order valence-electron chi connectivity index (χ3n) is 12.6. The van der Waals surface area contributed by atoms with Crippen molar-refractivity contribution in [1.29, 1.82) is 0 Å². The smallest absolute Gasteiger partial charge is 0.290 e. The van der Waals surface area contributed by atoms with E-state index in [1.165, 1.54) is 54.5 Å². The fourth-order valence-electron chi connectivity index (χ4n) is 10.1. The largest absolute Gasteiger partial charge is 0.471 e. The molecule has 268 valence electrons. The van der Waals surface area contributed by atoms with E-state index in [9.17, 15) is 0 Å². The van der Waals surface area contributed by atoms with Crippen LogP contribution in [0.4, 0.5) is 0 Å². The van der Waals surface area contributed by atoms with Crippen LogP contribution in [0.15, 0.2) is 203 Å². The van der Waals surface area contributed by atoms with Crippen LogP contribution in [0, 0.1) is 0 Å². The van der Waals surface area contributed by atoms with Gasteiger partial charge in [0.1, 0.15) is 11.2 Å². The number of furan rings is 2. The molecular weight excluding hydrogens is 706 g/mol. The van der Waals surface area contributed by atoms with E-state index in [4.69, 9.17) is 8.83 Å². The number of rotatable bonds is 4. The summed E-state index contributed by atoms with van der Waals surface area (Å²) in [6.07, 6.45) is 0. The highest BCUT2D eigenvalue weighted by Crippen LogP contribution is 2.33. The normalized spacial score (nSPS) is 12.8. The van der Waals surface area contributed by atoms with E-state index in [2.05, 4.69) is 203 Å². The van der Waals surface area contributed by atoms with Gasteiger partial charge < -0.3 is 18.0 Å². The van der Waals surface area contributed by atoms with Gasteiger partial charge in [0.25, 0.3) is 13.4 Å². The Morgan fingerprint density at radius 3 is 0.931 bits per heavy atom. The molecule has 58 heavy (non-hydrogen) atoms. The van der Waals surface area contributed by atoms with Crippen LogP contribution in [0.25, 0.3) is 76.9 Å². The number of para-hydroxylation sites is 6. The van der Waals surface area contributed by atoms with Crippen LogP contribution in [-0.2, 0) is 0 Å². The lowest BCUT2D eigenvalue weighted by atomic mass is 9.24. The molecule has 0 amide bonds. The molecule has 4 aromatic heterocycles. The Hall–Kier alpha value is -7.43. The number of aromatic nitrogens is 2. The van der Waals surface area contributed by atoms with Gasteiger partial charge >= 0.3 is 0 Å². The third-order valence-corrected chi connectivity index (χ3v) is 12.6. The summed E-state index contributed by atoms with van der Waals surface area (Å²) in [5.41, 5.74) is 15.4. The van der Waals surface area contributed by atoms with Crippen molar-refractivity contribution >= 4 is 112 Å². The van der Waals surface area contributed by atoms with Crippen molar-refractivity contribution in [2.45, 2.75) is 0 Å². The lowest BCUT2D eigenvalue weighted by Crippen LogP contribution is -2.73. The highest BCUT2D eigenvalue weighted by molar-refractivity contribution is 7.12. The van der Waals surface area contributed by atoms with E-state index < -0.39 is 0 Å². The highest BCUT2D eigenvalue weighted by Gasteiger charge is 2.46. The van der Waals surface area contributed by atoms with Crippen LogP contribution < -0.4 is 33.2 Å². The van der Waals surface area contributed by atoms with Gasteiger partial charge in [-0.25, -0.2) is 0 Å². The quantitative estimate of drug-likeness (QED) is 0.170. The minimum absolute atomic E-state index is 0.165. The number of hydrogen-bond donors (Lipinski definition) is 0. The molecule has 0 fully saturated rings. The predicted octanol–water partition coefficient (Wildman–Crippen LogP) is 8.72. The molecule has 1 aliphatic heterocycles. The number of benzene rings is 8. The molecule has 0 saturated heterocycles. The standard InChI is InChI=1S/C52H32B2N2O2/c1-7-19-43-37(13-1)38-14-2-8-20-44(38)55(43)35-29-25-33(26-30-35)53-49-41-17-5-11-23-47(41)58-52(49)54(50-42-18-6-12-24-48(42)57-51(50)53)34-27-31-36(32-28-34)56-45-21-9-3-15-39(45)40-16-4-10-22-46(40)56/h1-32H. The van der Waals surface area contributed by atoms with Gasteiger partial charge in [-0.2, -0.15) is 0 Å². The van der Waals surface area contributed by atoms with Crippen LogP contribution in [0.1, 0.15) is 0 Å². The molecule has 0 N–H and O–H groups in total. The Morgan fingerprint density at radius 2 is 0.586 bits per heavy atom. The molecule has 0 unspecified atom stereocenters. The van der Waals surface area contributed by atoms with Crippen molar-refractivity contribution in [1.82, 2.24) is 9.13 Å². The Labute approximate surface area is 334 Å². The summed E-state index contributed by atoms with van der Waals surface area (Å²) < 4.78 is 18.8. The second-order valence-electron chi connectivity index (χ2n) is 15.5. The molecule has 0 saturated carbocycles. The van der Waals surface area contributed by atoms with Crippen LogP contribution in [-0.4, -0.2) is 22.6 Å². The molecule has 13 rings (SSSR count). The Kier molecular flexibility index (Phi) is 6.59. The average Bonchev–Trinajstić information content (AvgIpc) is 4.04. The minimum atomic E-state index is -0.165. The Bertz CT molecular complexity index is 3240. The molecule has 5 heterocycles. The van der Waals surface area contributed by atoms with Gasteiger partial charge in [-0.05, 0) is 71.6 Å². The summed E-state index contributed by atoms with van der Waals surface area (Å²) in [5.74, 6) is 0. The highest BCUT2D eigenvalue weighted by atomic mass is 16.3. The Morgan fingerprint density at radius 1 is 0.293 bits per heavy atom. The summed E-state index contributed by atoms with van der Waals surface area (Å²) in [5, 5.41) is 7.25. The molecule has 0 bridgehead atoms. The topological polar surface area (TPSA) is 36.1 Å². The van der Waals surface area contributed by atoms with Crippen LogP contribution in [0.2, 0.25) is 0 Å². The summed E-state index contributed by atoms with van der Waals surface area (Å²) in [4.78, 5) is 0. The molecule has 0 radical (unpaired) electrons. The first-order valence-electron chi connectivity index (χ1n) is 20.0. The van der Waals surface area contributed by atoms with Gasteiger partial charge in [-0.15, -0.1) is 0 Å². The molecule has 0 aliphatic carbocycles. The maximum absolute atomic E-state index is 7.03.